The van der Waals surface area contributed by atoms with Crippen LogP contribution in [0.25, 0.3) is 5.65 Å². The van der Waals surface area contributed by atoms with Crippen molar-refractivity contribution in [2.24, 2.45) is 0 Å². The van der Waals surface area contributed by atoms with Gasteiger partial charge in [0.05, 0.1) is 37.7 Å². The smallest absolute Gasteiger partial charge is 0.257 e. The summed E-state index contributed by atoms with van der Waals surface area (Å²) in [6.45, 7) is 2.94. The molecule has 1 aliphatic heterocycles. The average molecular weight is 338 g/mol. The normalized spacial score (nSPS) is 14.4. The summed E-state index contributed by atoms with van der Waals surface area (Å²) in [5.41, 5.74) is 2.08. The van der Waals surface area contributed by atoms with E-state index in [1.54, 1.807) is 28.9 Å². The predicted molar refractivity (Wildman–Crippen MR) is 91.0 cm³/mol. The standard InChI is InChI=1S/C18H18N4O3/c1-12-14(9-19-17-7-8-20-22(12)17)18(23)21-10-13(11-21)25-16-6-4-3-5-15(16)24-2/h3-9,13H,10-11H2,1-2H3. The third-order valence-corrected chi connectivity index (χ3v) is 4.38. The van der Waals surface area contributed by atoms with Crippen molar-refractivity contribution in [1.29, 1.82) is 0 Å². The third-order valence-electron chi connectivity index (χ3n) is 4.38. The molecule has 7 heteroatoms. The fraction of sp³-hybridized carbons (Fsp3) is 0.278. The Morgan fingerprint density at radius 1 is 1.20 bits per heavy atom. The Kier molecular flexibility index (Phi) is 3.76. The highest BCUT2D eigenvalue weighted by Gasteiger charge is 2.34. The minimum Gasteiger partial charge on any atom is -0.493 e. The lowest BCUT2D eigenvalue weighted by atomic mass is 10.1. The van der Waals surface area contributed by atoms with Crippen molar-refractivity contribution in [1.82, 2.24) is 19.5 Å². The number of ether oxygens (including phenoxy) is 2. The second-order valence-electron chi connectivity index (χ2n) is 5.96. The van der Waals surface area contributed by atoms with Crippen LogP contribution in [-0.4, -0.2) is 51.7 Å². The summed E-state index contributed by atoms with van der Waals surface area (Å²) in [5, 5.41) is 4.20. The molecular weight excluding hydrogens is 320 g/mol. The molecule has 0 saturated carbocycles. The number of likely N-dealkylation sites (tertiary alicyclic amines) is 1. The molecule has 128 valence electrons. The van der Waals surface area contributed by atoms with Gasteiger partial charge in [0.2, 0.25) is 0 Å². The van der Waals surface area contributed by atoms with Crippen molar-refractivity contribution in [3.05, 3.63) is 54.0 Å². The average Bonchev–Trinajstić information content (AvgIpc) is 3.07. The van der Waals surface area contributed by atoms with E-state index in [-0.39, 0.29) is 12.0 Å². The Balaban J connectivity index is 1.44. The van der Waals surface area contributed by atoms with Crippen molar-refractivity contribution in [2.75, 3.05) is 20.2 Å². The molecule has 2 aromatic heterocycles. The quantitative estimate of drug-likeness (QED) is 0.727. The first-order valence-electron chi connectivity index (χ1n) is 8.05. The molecular formula is C18H18N4O3. The molecule has 7 nitrogen and oxygen atoms in total. The molecule has 1 saturated heterocycles. The van der Waals surface area contributed by atoms with E-state index >= 15 is 0 Å². The Morgan fingerprint density at radius 2 is 1.96 bits per heavy atom. The second-order valence-corrected chi connectivity index (χ2v) is 5.96. The van der Waals surface area contributed by atoms with Gasteiger partial charge in [0.15, 0.2) is 17.1 Å². The number of hydrogen-bond acceptors (Lipinski definition) is 5. The van der Waals surface area contributed by atoms with Crippen LogP contribution in [0.4, 0.5) is 0 Å². The summed E-state index contributed by atoms with van der Waals surface area (Å²) < 4.78 is 12.9. The van der Waals surface area contributed by atoms with E-state index in [0.29, 0.717) is 30.2 Å². The van der Waals surface area contributed by atoms with Gasteiger partial charge in [-0.15, -0.1) is 0 Å². The molecule has 0 N–H and O–H groups in total. The molecule has 1 aliphatic rings. The van der Waals surface area contributed by atoms with Crippen LogP contribution in [0.3, 0.4) is 0 Å². The van der Waals surface area contributed by atoms with E-state index in [0.717, 1.165) is 11.3 Å². The van der Waals surface area contributed by atoms with E-state index in [9.17, 15) is 4.79 Å². The highest BCUT2D eigenvalue weighted by Crippen LogP contribution is 2.29. The molecule has 0 radical (unpaired) electrons. The summed E-state index contributed by atoms with van der Waals surface area (Å²) in [6, 6.07) is 9.31. The van der Waals surface area contributed by atoms with Crippen molar-refractivity contribution >= 4 is 11.6 Å². The lowest BCUT2D eigenvalue weighted by Crippen LogP contribution is -2.56. The number of para-hydroxylation sites is 2. The first kappa shape index (κ1) is 15.4. The highest BCUT2D eigenvalue weighted by molar-refractivity contribution is 5.95. The third kappa shape index (κ3) is 2.67. The second kappa shape index (κ2) is 6.08. The van der Waals surface area contributed by atoms with Crippen LogP contribution in [0.2, 0.25) is 0 Å². The van der Waals surface area contributed by atoms with E-state index in [1.165, 1.54) is 0 Å². The number of methoxy groups -OCH3 is 1. The summed E-state index contributed by atoms with van der Waals surface area (Å²) >= 11 is 0. The molecule has 25 heavy (non-hydrogen) atoms. The van der Waals surface area contributed by atoms with Gasteiger partial charge in [0.1, 0.15) is 6.10 Å². The number of carbonyl (C=O) groups is 1. The summed E-state index contributed by atoms with van der Waals surface area (Å²) in [6.07, 6.45) is 3.25. The predicted octanol–water partition coefficient (Wildman–Crippen LogP) is 1.95. The van der Waals surface area contributed by atoms with Gasteiger partial charge in [-0.1, -0.05) is 12.1 Å². The zero-order chi connectivity index (χ0) is 17.4. The van der Waals surface area contributed by atoms with Gasteiger partial charge in [0, 0.05) is 12.3 Å². The van der Waals surface area contributed by atoms with Gasteiger partial charge in [-0.25, -0.2) is 9.50 Å². The molecule has 0 bridgehead atoms. The first-order chi connectivity index (χ1) is 12.2. The number of amides is 1. The first-order valence-corrected chi connectivity index (χ1v) is 8.05. The fourth-order valence-corrected chi connectivity index (χ4v) is 2.95. The van der Waals surface area contributed by atoms with Crippen molar-refractivity contribution in [3.63, 3.8) is 0 Å². The van der Waals surface area contributed by atoms with E-state index < -0.39 is 0 Å². The van der Waals surface area contributed by atoms with Gasteiger partial charge in [0.25, 0.3) is 5.91 Å². The zero-order valence-electron chi connectivity index (χ0n) is 14.0. The van der Waals surface area contributed by atoms with Crippen LogP contribution >= 0.6 is 0 Å². The number of benzene rings is 1. The van der Waals surface area contributed by atoms with Crippen LogP contribution in [0.5, 0.6) is 11.5 Å². The zero-order valence-corrected chi connectivity index (χ0v) is 14.0. The summed E-state index contributed by atoms with van der Waals surface area (Å²) in [4.78, 5) is 18.7. The van der Waals surface area contributed by atoms with Crippen LogP contribution in [0.15, 0.2) is 42.7 Å². The van der Waals surface area contributed by atoms with Gasteiger partial charge >= 0.3 is 0 Å². The summed E-state index contributed by atoms with van der Waals surface area (Å²) in [5.74, 6) is 1.33. The van der Waals surface area contributed by atoms with E-state index in [1.807, 2.05) is 37.3 Å². The lowest BCUT2D eigenvalue weighted by Gasteiger charge is -2.39. The minimum absolute atomic E-state index is 0.0399. The summed E-state index contributed by atoms with van der Waals surface area (Å²) in [7, 11) is 1.61. The minimum atomic E-state index is -0.0534. The fourth-order valence-electron chi connectivity index (χ4n) is 2.95. The SMILES string of the molecule is COc1ccccc1OC1CN(C(=O)c2cnc3ccnn3c2C)C1. The number of nitrogens with zero attached hydrogens (tertiary/aromatic N) is 4. The Bertz CT molecular complexity index is 931. The van der Waals surface area contributed by atoms with E-state index in [2.05, 4.69) is 10.1 Å². The van der Waals surface area contributed by atoms with Crippen LogP contribution in [0.1, 0.15) is 16.1 Å². The molecule has 0 unspecified atom stereocenters. The van der Waals surface area contributed by atoms with Crippen molar-refractivity contribution in [3.8, 4) is 11.5 Å². The van der Waals surface area contributed by atoms with Gasteiger partial charge in [-0.05, 0) is 19.1 Å². The number of fused-ring (bicyclic) bond motifs is 1. The van der Waals surface area contributed by atoms with Crippen LogP contribution < -0.4 is 9.47 Å². The number of rotatable bonds is 4. The molecule has 0 aliphatic carbocycles. The van der Waals surface area contributed by atoms with Crippen molar-refractivity contribution < 1.29 is 14.3 Å². The molecule has 3 aromatic rings. The van der Waals surface area contributed by atoms with Gasteiger partial charge in [-0.2, -0.15) is 5.10 Å². The molecule has 1 fully saturated rings. The van der Waals surface area contributed by atoms with Gasteiger partial charge in [-0.3, -0.25) is 4.79 Å². The van der Waals surface area contributed by atoms with Gasteiger partial charge < -0.3 is 14.4 Å². The number of hydrogen-bond donors (Lipinski definition) is 0. The van der Waals surface area contributed by atoms with Crippen LogP contribution in [0, 0.1) is 6.92 Å². The Labute approximate surface area is 144 Å². The monoisotopic (exact) mass is 338 g/mol. The number of aromatic nitrogens is 3. The maximum atomic E-state index is 12.7. The molecule has 4 rings (SSSR count). The molecule has 0 atom stereocenters. The lowest BCUT2D eigenvalue weighted by molar-refractivity contribution is 0.0167. The number of aryl methyl sites for hydroxylation is 1. The Morgan fingerprint density at radius 3 is 2.72 bits per heavy atom. The van der Waals surface area contributed by atoms with Crippen molar-refractivity contribution in [2.45, 2.75) is 13.0 Å². The Hall–Kier alpha value is -3.09. The molecule has 1 amide bonds. The molecule has 1 aromatic carbocycles. The number of carbonyl (C=O) groups excluding carboxylic acids is 1. The van der Waals surface area contributed by atoms with Crippen LogP contribution in [-0.2, 0) is 0 Å². The maximum Gasteiger partial charge on any atom is 0.257 e. The molecule has 0 spiro atoms. The molecule has 3 heterocycles. The van der Waals surface area contributed by atoms with E-state index in [4.69, 9.17) is 9.47 Å². The highest BCUT2D eigenvalue weighted by atomic mass is 16.5. The largest absolute Gasteiger partial charge is 0.493 e. The topological polar surface area (TPSA) is 69.0 Å². The maximum absolute atomic E-state index is 12.7.